The normalized spacial score (nSPS) is 14.3. The van der Waals surface area contributed by atoms with Gasteiger partial charge in [0, 0.05) is 0 Å². The van der Waals surface area contributed by atoms with Crippen molar-refractivity contribution in [2.24, 2.45) is 5.92 Å². The predicted molar refractivity (Wildman–Crippen MR) is 82.0 cm³/mol. The van der Waals surface area contributed by atoms with Crippen LogP contribution in [-0.4, -0.2) is 29.0 Å². The fourth-order valence-electron chi connectivity index (χ4n) is 2.09. The second-order valence-electron chi connectivity index (χ2n) is 5.77. The Morgan fingerprint density at radius 3 is 2.35 bits per heavy atom. The van der Waals surface area contributed by atoms with Gasteiger partial charge in [0.25, 0.3) is 0 Å². The van der Waals surface area contributed by atoms with Crippen molar-refractivity contribution >= 4 is 0 Å². The van der Waals surface area contributed by atoms with Crippen LogP contribution in [0, 0.1) is 5.92 Å². The number of hydrogen-bond acceptors (Lipinski definition) is 3. The molecule has 2 atom stereocenters. The summed E-state index contributed by atoms with van der Waals surface area (Å²) in [5.41, 5.74) is 1.09. The van der Waals surface area contributed by atoms with Gasteiger partial charge in [-0.2, -0.15) is 0 Å². The van der Waals surface area contributed by atoms with Gasteiger partial charge >= 0.3 is 0 Å². The van der Waals surface area contributed by atoms with Gasteiger partial charge < -0.3 is 14.9 Å². The summed E-state index contributed by atoms with van der Waals surface area (Å²) in [6.45, 7) is 6.93. The lowest BCUT2D eigenvalue weighted by Gasteiger charge is -2.18. The van der Waals surface area contributed by atoms with Crippen LogP contribution in [0.15, 0.2) is 24.3 Å². The van der Waals surface area contributed by atoms with E-state index in [2.05, 4.69) is 13.8 Å². The molecule has 20 heavy (non-hydrogen) atoms. The van der Waals surface area contributed by atoms with Crippen molar-refractivity contribution in [2.75, 3.05) is 6.61 Å². The van der Waals surface area contributed by atoms with Crippen molar-refractivity contribution in [3.63, 3.8) is 0 Å². The van der Waals surface area contributed by atoms with Crippen molar-refractivity contribution in [1.29, 1.82) is 0 Å². The quantitative estimate of drug-likeness (QED) is 0.730. The van der Waals surface area contributed by atoms with Crippen molar-refractivity contribution < 1.29 is 14.9 Å². The molecule has 0 aromatic heterocycles. The van der Waals surface area contributed by atoms with E-state index < -0.39 is 12.2 Å². The molecule has 3 heteroatoms. The molecular formula is C17H28O3. The van der Waals surface area contributed by atoms with Gasteiger partial charge in [-0.15, -0.1) is 0 Å². The highest BCUT2D eigenvalue weighted by atomic mass is 16.5. The van der Waals surface area contributed by atoms with E-state index in [1.165, 1.54) is 0 Å². The minimum atomic E-state index is -0.659. The molecule has 0 spiro atoms. The second-order valence-corrected chi connectivity index (χ2v) is 5.77. The van der Waals surface area contributed by atoms with Crippen LogP contribution in [0.4, 0.5) is 0 Å². The molecule has 0 fully saturated rings. The minimum absolute atomic E-state index is 0.486. The summed E-state index contributed by atoms with van der Waals surface area (Å²) < 4.78 is 5.79. The van der Waals surface area contributed by atoms with Crippen LogP contribution in [0.5, 0.6) is 5.75 Å². The van der Waals surface area contributed by atoms with Crippen molar-refractivity contribution in [1.82, 2.24) is 0 Å². The Hall–Kier alpha value is -1.06. The third-order valence-corrected chi connectivity index (χ3v) is 3.28. The van der Waals surface area contributed by atoms with Crippen LogP contribution < -0.4 is 4.74 Å². The van der Waals surface area contributed by atoms with E-state index in [9.17, 15) is 10.2 Å². The van der Waals surface area contributed by atoms with E-state index >= 15 is 0 Å². The lowest BCUT2D eigenvalue weighted by molar-refractivity contribution is 0.00972. The van der Waals surface area contributed by atoms with Crippen molar-refractivity contribution in [2.45, 2.75) is 58.7 Å². The number of aliphatic hydroxyl groups excluding tert-OH is 2. The number of hydrogen-bond donors (Lipinski definition) is 2. The Kier molecular flexibility index (Phi) is 7.63. The number of ether oxygens (including phenoxy) is 1. The van der Waals surface area contributed by atoms with Crippen LogP contribution in [0.3, 0.4) is 0 Å². The summed E-state index contributed by atoms with van der Waals surface area (Å²) in [5.74, 6) is 1.37. The molecule has 3 nitrogen and oxygen atoms in total. The van der Waals surface area contributed by atoms with Gasteiger partial charge in [-0.1, -0.05) is 45.4 Å². The first kappa shape index (κ1) is 17.0. The summed E-state index contributed by atoms with van der Waals surface area (Å²) in [7, 11) is 0. The summed E-state index contributed by atoms with van der Waals surface area (Å²) in [6, 6.07) is 7.93. The van der Waals surface area contributed by atoms with Gasteiger partial charge in [0.15, 0.2) is 0 Å². The van der Waals surface area contributed by atoms with E-state index in [0.29, 0.717) is 25.4 Å². The van der Waals surface area contributed by atoms with Gasteiger partial charge in [-0.05, 0) is 36.8 Å². The Balaban J connectivity index is 2.54. The van der Waals surface area contributed by atoms with E-state index in [0.717, 1.165) is 24.2 Å². The average molecular weight is 280 g/mol. The van der Waals surface area contributed by atoms with Crippen LogP contribution >= 0.6 is 0 Å². The summed E-state index contributed by atoms with van der Waals surface area (Å²) in [5, 5.41) is 19.7. The van der Waals surface area contributed by atoms with Crippen LogP contribution in [0.1, 0.15) is 45.6 Å². The first-order valence-electron chi connectivity index (χ1n) is 7.61. The zero-order chi connectivity index (χ0) is 15.0. The lowest BCUT2D eigenvalue weighted by Crippen LogP contribution is -2.26. The SMILES string of the molecule is CCCC(O)C(O)CCc1ccccc1OCC(C)C. The zero-order valence-corrected chi connectivity index (χ0v) is 12.9. The Morgan fingerprint density at radius 2 is 1.70 bits per heavy atom. The first-order chi connectivity index (χ1) is 9.54. The van der Waals surface area contributed by atoms with Crippen molar-refractivity contribution in [3.05, 3.63) is 29.8 Å². The molecule has 0 aliphatic heterocycles. The molecule has 0 radical (unpaired) electrons. The highest BCUT2D eigenvalue weighted by Gasteiger charge is 2.16. The average Bonchev–Trinajstić information content (AvgIpc) is 2.43. The first-order valence-corrected chi connectivity index (χ1v) is 7.61. The molecule has 2 N–H and O–H groups in total. The molecule has 1 aromatic rings. The third-order valence-electron chi connectivity index (χ3n) is 3.28. The third kappa shape index (κ3) is 5.93. The van der Waals surface area contributed by atoms with Crippen LogP contribution in [0.2, 0.25) is 0 Å². The van der Waals surface area contributed by atoms with Gasteiger partial charge in [-0.3, -0.25) is 0 Å². The lowest BCUT2D eigenvalue weighted by atomic mass is 10.0. The molecule has 0 saturated heterocycles. The Morgan fingerprint density at radius 1 is 1.05 bits per heavy atom. The molecule has 114 valence electrons. The molecule has 2 unspecified atom stereocenters. The zero-order valence-electron chi connectivity index (χ0n) is 12.9. The maximum Gasteiger partial charge on any atom is 0.122 e. The highest BCUT2D eigenvalue weighted by molar-refractivity contribution is 5.33. The molecule has 0 bridgehead atoms. The fraction of sp³-hybridized carbons (Fsp3) is 0.647. The molecule has 0 heterocycles. The maximum absolute atomic E-state index is 9.93. The summed E-state index contributed by atoms with van der Waals surface area (Å²) in [6.07, 6.45) is 1.52. The van der Waals surface area contributed by atoms with E-state index in [-0.39, 0.29) is 0 Å². The number of aryl methyl sites for hydroxylation is 1. The standard InChI is InChI=1S/C17H28O3/c1-4-7-15(18)16(19)11-10-14-8-5-6-9-17(14)20-12-13(2)3/h5-6,8-9,13,15-16,18-19H,4,7,10-12H2,1-3H3. The number of para-hydroxylation sites is 1. The Bertz CT molecular complexity index is 376. The highest BCUT2D eigenvalue weighted by Crippen LogP contribution is 2.21. The topological polar surface area (TPSA) is 49.7 Å². The molecular weight excluding hydrogens is 252 g/mol. The largest absolute Gasteiger partial charge is 0.493 e. The van der Waals surface area contributed by atoms with Crippen LogP contribution in [-0.2, 0) is 6.42 Å². The van der Waals surface area contributed by atoms with Gasteiger partial charge in [0.05, 0.1) is 18.8 Å². The fourth-order valence-corrected chi connectivity index (χ4v) is 2.09. The predicted octanol–water partition coefficient (Wildman–Crippen LogP) is 3.18. The van der Waals surface area contributed by atoms with E-state index in [4.69, 9.17) is 4.74 Å². The van der Waals surface area contributed by atoms with Crippen LogP contribution in [0.25, 0.3) is 0 Å². The molecule has 0 saturated carbocycles. The maximum atomic E-state index is 9.93. The van der Waals surface area contributed by atoms with E-state index in [1.807, 2.05) is 31.2 Å². The molecule has 1 rings (SSSR count). The van der Waals surface area contributed by atoms with Gasteiger partial charge in [-0.25, -0.2) is 0 Å². The summed E-state index contributed by atoms with van der Waals surface area (Å²) in [4.78, 5) is 0. The number of aliphatic hydroxyl groups is 2. The molecule has 1 aromatic carbocycles. The van der Waals surface area contributed by atoms with E-state index in [1.54, 1.807) is 0 Å². The summed E-state index contributed by atoms with van der Waals surface area (Å²) >= 11 is 0. The number of rotatable bonds is 9. The Labute approximate surface area is 122 Å². The smallest absolute Gasteiger partial charge is 0.122 e. The molecule has 0 amide bonds. The van der Waals surface area contributed by atoms with Crippen molar-refractivity contribution in [3.8, 4) is 5.75 Å². The molecule has 0 aliphatic rings. The minimum Gasteiger partial charge on any atom is -0.493 e. The van der Waals surface area contributed by atoms with Gasteiger partial charge in [0.1, 0.15) is 5.75 Å². The number of benzene rings is 1. The molecule has 0 aliphatic carbocycles. The second kappa shape index (κ2) is 8.98. The monoisotopic (exact) mass is 280 g/mol. The van der Waals surface area contributed by atoms with Gasteiger partial charge in [0.2, 0.25) is 0 Å².